The minimum atomic E-state index is -0.384. The fourth-order valence-electron chi connectivity index (χ4n) is 1.66. The molecule has 0 N–H and O–H groups in total. The van der Waals surface area contributed by atoms with Gasteiger partial charge in [-0.25, -0.2) is 4.39 Å². The van der Waals surface area contributed by atoms with Gasteiger partial charge in [-0.15, -0.1) is 0 Å². The first-order chi connectivity index (χ1) is 9.63. The molecule has 0 saturated heterocycles. The van der Waals surface area contributed by atoms with Crippen LogP contribution in [0.1, 0.15) is 31.7 Å². The summed E-state index contributed by atoms with van der Waals surface area (Å²) in [6, 6.07) is 6.38. The first-order valence-electron chi connectivity index (χ1n) is 6.68. The third-order valence-corrected chi connectivity index (χ3v) is 2.66. The van der Waals surface area contributed by atoms with E-state index in [1.165, 1.54) is 6.07 Å². The van der Waals surface area contributed by atoms with Crippen LogP contribution in [0.4, 0.5) is 4.39 Å². The topological polar surface area (TPSA) is 52.6 Å². The minimum Gasteiger partial charge on any atom is -0.466 e. The average molecular weight is 282 g/mol. The molecular weight excluding hydrogens is 263 g/mol. The zero-order valence-corrected chi connectivity index (χ0v) is 11.6. The SMILES string of the molecule is CCOC(=O)CCCC(=O)OCCc1ccccc1F. The van der Waals surface area contributed by atoms with Crippen molar-refractivity contribution in [2.75, 3.05) is 13.2 Å². The van der Waals surface area contributed by atoms with E-state index in [9.17, 15) is 14.0 Å². The summed E-state index contributed by atoms with van der Waals surface area (Å²) in [5.74, 6) is -0.997. The molecule has 0 bridgehead atoms. The Hall–Kier alpha value is -1.91. The van der Waals surface area contributed by atoms with Crippen molar-refractivity contribution in [3.63, 3.8) is 0 Å². The zero-order chi connectivity index (χ0) is 14.8. The second-order valence-electron chi connectivity index (χ2n) is 4.22. The van der Waals surface area contributed by atoms with Gasteiger partial charge < -0.3 is 9.47 Å². The van der Waals surface area contributed by atoms with Crippen LogP contribution in [0.25, 0.3) is 0 Å². The third kappa shape index (κ3) is 6.31. The minimum absolute atomic E-state index is 0.138. The number of carbonyl (C=O) groups excluding carboxylic acids is 2. The molecule has 0 saturated carbocycles. The Morgan fingerprint density at radius 2 is 1.75 bits per heavy atom. The third-order valence-electron chi connectivity index (χ3n) is 2.66. The second kappa shape index (κ2) is 9.07. The highest BCUT2D eigenvalue weighted by Gasteiger charge is 2.07. The molecule has 0 amide bonds. The largest absolute Gasteiger partial charge is 0.466 e. The van der Waals surface area contributed by atoms with Crippen LogP contribution >= 0.6 is 0 Å². The molecule has 5 heteroatoms. The first kappa shape index (κ1) is 16.1. The van der Waals surface area contributed by atoms with Gasteiger partial charge in [-0.1, -0.05) is 18.2 Å². The smallest absolute Gasteiger partial charge is 0.305 e. The second-order valence-corrected chi connectivity index (χ2v) is 4.22. The maximum Gasteiger partial charge on any atom is 0.305 e. The Balaban J connectivity index is 2.14. The molecule has 0 aliphatic carbocycles. The predicted octanol–water partition coefficient (Wildman–Crippen LogP) is 2.64. The molecule has 4 nitrogen and oxygen atoms in total. The standard InChI is InChI=1S/C15H19FO4/c1-2-19-14(17)8-5-9-15(18)20-11-10-12-6-3-4-7-13(12)16/h3-4,6-7H,2,5,8-11H2,1H3. The van der Waals surface area contributed by atoms with E-state index in [1.54, 1.807) is 25.1 Å². The van der Waals surface area contributed by atoms with E-state index >= 15 is 0 Å². The lowest BCUT2D eigenvalue weighted by Crippen LogP contribution is -2.10. The number of carbonyl (C=O) groups is 2. The van der Waals surface area contributed by atoms with Crippen molar-refractivity contribution in [2.24, 2.45) is 0 Å². The van der Waals surface area contributed by atoms with Gasteiger partial charge in [0.1, 0.15) is 5.82 Å². The van der Waals surface area contributed by atoms with Crippen molar-refractivity contribution in [3.05, 3.63) is 35.6 Å². The number of benzene rings is 1. The van der Waals surface area contributed by atoms with E-state index in [0.29, 0.717) is 25.0 Å². The molecule has 0 spiro atoms. The van der Waals surface area contributed by atoms with Crippen LogP contribution in [-0.4, -0.2) is 25.2 Å². The van der Waals surface area contributed by atoms with Crippen LogP contribution in [0.5, 0.6) is 0 Å². The Morgan fingerprint density at radius 1 is 1.10 bits per heavy atom. The molecule has 1 aromatic rings. The lowest BCUT2D eigenvalue weighted by Gasteiger charge is -2.05. The van der Waals surface area contributed by atoms with E-state index in [-0.39, 0.29) is 37.2 Å². The first-order valence-corrected chi connectivity index (χ1v) is 6.68. The van der Waals surface area contributed by atoms with E-state index in [4.69, 9.17) is 9.47 Å². The van der Waals surface area contributed by atoms with E-state index < -0.39 is 0 Å². The van der Waals surface area contributed by atoms with Crippen molar-refractivity contribution in [2.45, 2.75) is 32.6 Å². The van der Waals surface area contributed by atoms with Gasteiger partial charge in [-0.05, 0) is 25.0 Å². The van der Waals surface area contributed by atoms with Crippen molar-refractivity contribution in [1.29, 1.82) is 0 Å². The van der Waals surface area contributed by atoms with Gasteiger partial charge in [-0.3, -0.25) is 9.59 Å². The van der Waals surface area contributed by atoms with Crippen molar-refractivity contribution in [1.82, 2.24) is 0 Å². The lowest BCUT2D eigenvalue weighted by molar-refractivity contribution is -0.145. The number of ether oxygens (including phenoxy) is 2. The Labute approximate surface area is 117 Å². The van der Waals surface area contributed by atoms with Crippen molar-refractivity contribution < 1.29 is 23.5 Å². The zero-order valence-electron chi connectivity index (χ0n) is 11.6. The van der Waals surface area contributed by atoms with Crippen LogP contribution in [0.2, 0.25) is 0 Å². The maximum atomic E-state index is 13.3. The van der Waals surface area contributed by atoms with Gasteiger partial charge in [0, 0.05) is 19.3 Å². The van der Waals surface area contributed by atoms with Crippen LogP contribution < -0.4 is 0 Å². The van der Waals surface area contributed by atoms with Gasteiger partial charge in [0.2, 0.25) is 0 Å². The molecule has 0 fully saturated rings. The van der Waals surface area contributed by atoms with Gasteiger partial charge in [-0.2, -0.15) is 0 Å². The summed E-state index contributed by atoms with van der Waals surface area (Å²) in [5, 5.41) is 0. The number of rotatable bonds is 8. The summed E-state index contributed by atoms with van der Waals surface area (Å²) in [6.45, 7) is 2.21. The molecule has 0 radical (unpaired) electrons. The molecule has 0 heterocycles. The lowest BCUT2D eigenvalue weighted by atomic mass is 10.1. The molecule has 20 heavy (non-hydrogen) atoms. The summed E-state index contributed by atoms with van der Waals surface area (Å²) in [5.41, 5.74) is 0.520. The quantitative estimate of drug-likeness (QED) is 0.688. The molecule has 0 atom stereocenters. The van der Waals surface area contributed by atoms with Crippen LogP contribution in [0.3, 0.4) is 0 Å². The van der Waals surface area contributed by atoms with Gasteiger partial charge in [0.15, 0.2) is 0 Å². The van der Waals surface area contributed by atoms with E-state index in [0.717, 1.165) is 0 Å². The number of hydrogen-bond donors (Lipinski definition) is 0. The fraction of sp³-hybridized carbons (Fsp3) is 0.467. The summed E-state index contributed by atoms with van der Waals surface area (Å²) in [4.78, 5) is 22.4. The van der Waals surface area contributed by atoms with Crippen molar-refractivity contribution in [3.8, 4) is 0 Å². The molecular formula is C15H19FO4. The maximum absolute atomic E-state index is 13.3. The number of halogens is 1. The highest BCUT2D eigenvalue weighted by atomic mass is 19.1. The number of hydrogen-bond acceptors (Lipinski definition) is 4. The van der Waals surface area contributed by atoms with Gasteiger partial charge in [0.05, 0.1) is 13.2 Å². The summed E-state index contributed by atoms with van der Waals surface area (Å²) in [7, 11) is 0. The molecule has 1 rings (SSSR count). The van der Waals surface area contributed by atoms with E-state index in [1.807, 2.05) is 0 Å². The fourth-order valence-corrected chi connectivity index (χ4v) is 1.66. The monoisotopic (exact) mass is 282 g/mol. The number of esters is 2. The Kier molecular flexibility index (Phi) is 7.32. The van der Waals surface area contributed by atoms with Crippen molar-refractivity contribution >= 4 is 11.9 Å². The average Bonchev–Trinajstić information content (AvgIpc) is 2.41. The van der Waals surface area contributed by atoms with Gasteiger partial charge in [0.25, 0.3) is 0 Å². The summed E-state index contributed by atoms with van der Waals surface area (Å²) < 4.78 is 23.0. The predicted molar refractivity (Wildman–Crippen MR) is 71.5 cm³/mol. The summed E-state index contributed by atoms with van der Waals surface area (Å²) in [6.07, 6.45) is 1.11. The van der Waals surface area contributed by atoms with Gasteiger partial charge >= 0.3 is 11.9 Å². The normalized spacial score (nSPS) is 10.1. The highest BCUT2D eigenvalue weighted by molar-refractivity contribution is 5.72. The Morgan fingerprint density at radius 3 is 2.40 bits per heavy atom. The van der Waals surface area contributed by atoms with E-state index in [2.05, 4.69) is 0 Å². The molecule has 110 valence electrons. The molecule has 0 unspecified atom stereocenters. The highest BCUT2D eigenvalue weighted by Crippen LogP contribution is 2.07. The van der Waals surface area contributed by atoms with Crippen LogP contribution in [0.15, 0.2) is 24.3 Å². The molecule has 0 aromatic heterocycles. The van der Waals surface area contributed by atoms with Crippen LogP contribution in [0, 0.1) is 5.82 Å². The van der Waals surface area contributed by atoms with Crippen LogP contribution in [-0.2, 0) is 25.5 Å². The molecule has 0 aliphatic rings. The Bertz CT molecular complexity index is 445. The molecule has 1 aromatic carbocycles. The molecule has 0 aliphatic heterocycles. The summed E-state index contributed by atoms with van der Waals surface area (Å²) >= 11 is 0.